The third-order valence-electron chi connectivity index (χ3n) is 12.2. The molecule has 2 aromatic heterocycles. The lowest BCUT2D eigenvalue weighted by Crippen LogP contribution is -2.35. The molecule has 13 rings (SSSR count). The zero-order chi connectivity index (χ0) is 39.5. The molecule has 2 aliphatic heterocycles. The van der Waals surface area contributed by atoms with Gasteiger partial charge in [0.2, 0.25) is 0 Å². The second-order valence-electron chi connectivity index (χ2n) is 15.5. The number of hydrogen-bond acceptors (Lipinski definition) is 5. The van der Waals surface area contributed by atoms with Crippen molar-refractivity contribution < 1.29 is 22.9 Å². The molecule has 282 valence electrons. The van der Waals surface area contributed by atoms with Crippen LogP contribution in [0.15, 0.2) is 197 Å². The molecule has 9 aromatic carbocycles. The van der Waals surface area contributed by atoms with Crippen molar-refractivity contribution in [2.75, 3.05) is 0 Å². The first-order chi connectivity index (χ1) is 29.6. The quantitative estimate of drug-likeness (QED) is 0.166. The fourth-order valence-corrected chi connectivity index (χ4v) is 12.3. The molecule has 11 aromatic rings. The van der Waals surface area contributed by atoms with E-state index in [0.717, 1.165) is 88.4 Å². The van der Waals surface area contributed by atoms with Gasteiger partial charge >= 0.3 is 0 Å². The third-order valence-corrected chi connectivity index (χ3v) is 15.3. The summed E-state index contributed by atoms with van der Waals surface area (Å²) in [6.45, 7) is 0. The van der Waals surface area contributed by atoms with Crippen LogP contribution in [0, 0.1) is 0 Å². The van der Waals surface area contributed by atoms with Gasteiger partial charge in [-0.1, -0.05) is 140 Å². The topological polar surface area (TPSA) is 61.8 Å². The van der Waals surface area contributed by atoms with Crippen LogP contribution in [0.5, 0.6) is 23.0 Å². The molecule has 4 heterocycles. The molecular weight excluding hydrogens is 760 g/mol. The SMILES string of the molecule is O=P12c3ccc(-c4ccc(-c5cccc6c5oc5ccccc56)cc4)cc3Oc3cccc(c31)Oc1cc(-c3ccc(-c4cccc5c4oc4ccccc45)cc3)ccc12. The summed E-state index contributed by atoms with van der Waals surface area (Å²) in [5, 5.41) is 6.37. The van der Waals surface area contributed by atoms with Crippen LogP contribution >= 0.6 is 7.14 Å². The van der Waals surface area contributed by atoms with Crippen molar-refractivity contribution in [1.82, 2.24) is 0 Å². The van der Waals surface area contributed by atoms with Gasteiger partial charge in [-0.25, -0.2) is 0 Å². The molecule has 0 aliphatic carbocycles. The second-order valence-corrected chi connectivity index (χ2v) is 18.1. The molecule has 0 fully saturated rings. The molecule has 0 bridgehead atoms. The Morgan fingerprint density at radius 1 is 0.333 bits per heavy atom. The fraction of sp³-hybridized carbons (Fsp3) is 0. The minimum atomic E-state index is -3.38. The van der Waals surface area contributed by atoms with Crippen molar-refractivity contribution in [3.8, 4) is 67.5 Å². The highest BCUT2D eigenvalue weighted by Crippen LogP contribution is 2.59. The van der Waals surface area contributed by atoms with Crippen molar-refractivity contribution in [1.29, 1.82) is 0 Å². The smallest absolute Gasteiger partial charge is 0.185 e. The minimum absolute atomic E-state index is 0.555. The maximum absolute atomic E-state index is 15.8. The lowest BCUT2D eigenvalue weighted by molar-refractivity contribution is 0.462. The lowest BCUT2D eigenvalue weighted by Gasteiger charge is -2.34. The Morgan fingerprint density at radius 2 is 0.733 bits per heavy atom. The number of hydrogen-bond donors (Lipinski definition) is 0. The maximum Gasteiger partial charge on any atom is 0.185 e. The van der Waals surface area contributed by atoms with Crippen LogP contribution in [0.4, 0.5) is 0 Å². The molecule has 60 heavy (non-hydrogen) atoms. The zero-order valence-electron chi connectivity index (χ0n) is 31.9. The van der Waals surface area contributed by atoms with Gasteiger partial charge in [-0.05, 0) is 81.9 Å². The van der Waals surface area contributed by atoms with Gasteiger partial charge < -0.3 is 22.9 Å². The van der Waals surface area contributed by atoms with Gasteiger partial charge in [0, 0.05) is 32.7 Å². The van der Waals surface area contributed by atoms with Crippen molar-refractivity contribution in [2.24, 2.45) is 0 Å². The minimum Gasteiger partial charge on any atom is -0.456 e. The Balaban J connectivity index is 0.845. The molecule has 5 nitrogen and oxygen atoms in total. The summed E-state index contributed by atoms with van der Waals surface area (Å²) in [5.74, 6) is 2.28. The summed E-state index contributed by atoms with van der Waals surface area (Å²) in [4.78, 5) is 0. The predicted octanol–water partition coefficient (Wildman–Crippen LogP) is 14.0. The van der Waals surface area contributed by atoms with Gasteiger partial charge in [0.05, 0.1) is 10.6 Å². The Kier molecular flexibility index (Phi) is 6.93. The summed E-state index contributed by atoms with van der Waals surface area (Å²) < 4.78 is 41.6. The van der Waals surface area contributed by atoms with Gasteiger partial charge in [-0.3, -0.25) is 0 Å². The molecule has 0 radical (unpaired) electrons. The summed E-state index contributed by atoms with van der Waals surface area (Å²) in [6.07, 6.45) is 0. The Bertz CT molecular complexity index is 3400. The highest BCUT2D eigenvalue weighted by molar-refractivity contribution is 7.86. The van der Waals surface area contributed by atoms with Gasteiger partial charge in [0.15, 0.2) is 7.14 Å². The lowest BCUT2D eigenvalue weighted by atomic mass is 9.98. The highest BCUT2D eigenvalue weighted by atomic mass is 31.2. The van der Waals surface area contributed by atoms with E-state index in [2.05, 4.69) is 97.1 Å². The van der Waals surface area contributed by atoms with E-state index in [1.807, 2.05) is 91.0 Å². The van der Waals surface area contributed by atoms with Crippen molar-refractivity contribution in [3.05, 3.63) is 188 Å². The van der Waals surface area contributed by atoms with Gasteiger partial charge in [0.1, 0.15) is 50.6 Å². The fourth-order valence-electron chi connectivity index (χ4n) is 9.29. The average molecular weight is 791 g/mol. The van der Waals surface area contributed by atoms with E-state index in [1.165, 1.54) is 0 Å². The molecular formula is C54H31O5P. The monoisotopic (exact) mass is 790 g/mol. The Hall–Kier alpha value is -7.59. The molecule has 0 unspecified atom stereocenters. The first-order valence-corrected chi connectivity index (χ1v) is 21.7. The van der Waals surface area contributed by atoms with Gasteiger partial charge in [0.25, 0.3) is 0 Å². The van der Waals surface area contributed by atoms with Crippen LogP contribution < -0.4 is 25.4 Å². The van der Waals surface area contributed by atoms with Gasteiger partial charge in [-0.15, -0.1) is 0 Å². The van der Waals surface area contributed by atoms with Crippen molar-refractivity contribution >= 4 is 66.9 Å². The number of fused-ring (bicyclic) bond motifs is 10. The van der Waals surface area contributed by atoms with Crippen LogP contribution in [-0.4, -0.2) is 0 Å². The standard InChI is InChI=1S/C54H31O5P/c55-60-50-28-26-36(32-18-22-34(23-19-32)38-10-5-12-42-40-8-1-3-14-44(40)58-52(38)42)30-48(50)56-46-16-7-17-47(54(46)60)57-49-31-37(27-29-51(49)60)33-20-24-35(25-21-33)39-11-6-13-43-41-9-2-4-15-45(41)59-53(39)43/h1-31H. The van der Waals surface area contributed by atoms with E-state index in [9.17, 15) is 0 Å². The average Bonchev–Trinajstić information content (AvgIpc) is 3.88. The largest absolute Gasteiger partial charge is 0.456 e. The number of ether oxygens (including phenoxy) is 2. The predicted molar refractivity (Wildman–Crippen MR) is 242 cm³/mol. The number of furan rings is 2. The normalized spacial score (nSPS) is 13.5. The van der Waals surface area contributed by atoms with Crippen LogP contribution in [0.2, 0.25) is 0 Å². The molecule has 0 saturated carbocycles. The summed E-state index contributed by atoms with van der Waals surface area (Å²) in [7, 11) is -3.38. The van der Waals surface area contributed by atoms with Crippen LogP contribution in [0.25, 0.3) is 88.4 Å². The molecule has 0 N–H and O–H groups in total. The third kappa shape index (κ3) is 4.78. The summed E-state index contributed by atoms with van der Waals surface area (Å²) >= 11 is 0. The van der Waals surface area contributed by atoms with Crippen LogP contribution in [-0.2, 0) is 4.57 Å². The van der Waals surface area contributed by atoms with E-state index in [1.54, 1.807) is 0 Å². The zero-order valence-corrected chi connectivity index (χ0v) is 32.8. The first-order valence-electron chi connectivity index (χ1n) is 20.0. The van der Waals surface area contributed by atoms with Crippen molar-refractivity contribution in [3.63, 3.8) is 0 Å². The van der Waals surface area contributed by atoms with E-state index in [4.69, 9.17) is 18.3 Å². The van der Waals surface area contributed by atoms with E-state index in [-0.39, 0.29) is 0 Å². The number of benzene rings is 9. The summed E-state index contributed by atoms with van der Waals surface area (Å²) in [5.41, 5.74) is 11.7. The molecule has 6 heteroatoms. The first kappa shape index (κ1) is 33.4. The van der Waals surface area contributed by atoms with Crippen LogP contribution in [0.1, 0.15) is 0 Å². The second kappa shape index (κ2) is 12.5. The Labute approximate surface area is 344 Å². The van der Waals surface area contributed by atoms with E-state index >= 15 is 4.57 Å². The highest BCUT2D eigenvalue weighted by Gasteiger charge is 2.46. The summed E-state index contributed by atoms with van der Waals surface area (Å²) in [6, 6.07) is 63.6. The van der Waals surface area contributed by atoms with E-state index < -0.39 is 7.14 Å². The van der Waals surface area contributed by atoms with E-state index in [0.29, 0.717) is 38.9 Å². The molecule has 0 amide bonds. The Morgan fingerprint density at radius 3 is 1.22 bits per heavy atom. The molecule has 2 aliphatic rings. The van der Waals surface area contributed by atoms with Gasteiger partial charge in [-0.2, -0.15) is 0 Å². The molecule has 0 saturated heterocycles. The van der Waals surface area contributed by atoms with Crippen molar-refractivity contribution in [2.45, 2.75) is 0 Å². The molecule has 0 atom stereocenters. The number of rotatable bonds is 4. The van der Waals surface area contributed by atoms with Crippen LogP contribution in [0.3, 0.4) is 0 Å². The number of para-hydroxylation sites is 4. The maximum atomic E-state index is 15.8. The molecule has 0 spiro atoms.